The van der Waals surface area contributed by atoms with Gasteiger partial charge in [-0.1, -0.05) is 36.1 Å². The van der Waals surface area contributed by atoms with Gasteiger partial charge in [0.2, 0.25) is 0 Å². The van der Waals surface area contributed by atoms with Gasteiger partial charge in [-0.3, -0.25) is 0 Å². The van der Waals surface area contributed by atoms with Crippen LogP contribution in [0.25, 0.3) is 0 Å². The fraction of sp³-hybridized carbons (Fsp3) is 0.222. The van der Waals surface area contributed by atoms with Crippen molar-refractivity contribution in [1.29, 1.82) is 0 Å². The summed E-state index contributed by atoms with van der Waals surface area (Å²) in [5, 5.41) is 0. The summed E-state index contributed by atoms with van der Waals surface area (Å²) >= 11 is 0. The smallest absolute Gasteiger partial charge is 0.120 e. The van der Waals surface area contributed by atoms with Gasteiger partial charge in [0.1, 0.15) is 12.4 Å². The zero-order chi connectivity index (χ0) is 14.9. The molecular formula is C18H20N2O. The van der Waals surface area contributed by atoms with E-state index in [4.69, 9.17) is 10.5 Å². The van der Waals surface area contributed by atoms with E-state index < -0.39 is 0 Å². The van der Waals surface area contributed by atoms with Gasteiger partial charge in [0.25, 0.3) is 0 Å². The highest BCUT2D eigenvalue weighted by Crippen LogP contribution is 2.14. The molecule has 2 rings (SSSR count). The molecule has 3 nitrogen and oxygen atoms in total. The average molecular weight is 280 g/mol. The van der Waals surface area contributed by atoms with Crippen LogP contribution in [0.5, 0.6) is 5.75 Å². The van der Waals surface area contributed by atoms with Crippen molar-refractivity contribution in [2.24, 2.45) is 5.73 Å². The molecule has 0 spiro atoms. The molecule has 0 heterocycles. The van der Waals surface area contributed by atoms with Crippen molar-refractivity contribution in [3.05, 3.63) is 60.2 Å². The zero-order valence-corrected chi connectivity index (χ0v) is 12.3. The summed E-state index contributed by atoms with van der Waals surface area (Å²) in [6, 6.07) is 18.0. The molecule has 0 aliphatic rings. The Morgan fingerprint density at radius 2 is 1.90 bits per heavy atom. The van der Waals surface area contributed by atoms with Crippen LogP contribution < -0.4 is 15.4 Å². The van der Waals surface area contributed by atoms with Crippen LogP contribution in [0.2, 0.25) is 0 Å². The molecule has 0 saturated heterocycles. The molecule has 0 aliphatic heterocycles. The summed E-state index contributed by atoms with van der Waals surface area (Å²) in [5.41, 5.74) is 7.48. The Morgan fingerprint density at radius 3 is 2.67 bits per heavy atom. The lowest BCUT2D eigenvalue weighted by Crippen LogP contribution is -2.23. The summed E-state index contributed by atoms with van der Waals surface area (Å²) in [7, 11) is 2.06. The molecule has 108 valence electrons. The molecule has 0 amide bonds. The minimum atomic E-state index is 0.368. The third-order valence-corrected chi connectivity index (χ3v) is 3.06. The largest absolute Gasteiger partial charge is 0.492 e. The highest BCUT2D eigenvalue weighted by Gasteiger charge is 2.00. The van der Waals surface area contributed by atoms with Crippen molar-refractivity contribution in [1.82, 2.24) is 0 Å². The monoisotopic (exact) mass is 280 g/mol. The predicted molar refractivity (Wildman–Crippen MR) is 87.6 cm³/mol. The van der Waals surface area contributed by atoms with Gasteiger partial charge in [0.15, 0.2) is 0 Å². The lowest BCUT2D eigenvalue weighted by molar-refractivity contribution is 0.326. The van der Waals surface area contributed by atoms with E-state index in [1.165, 1.54) is 5.69 Å². The van der Waals surface area contributed by atoms with Gasteiger partial charge < -0.3 is 15.4 Å². The summed E-state index contributed by atoms with van der Waals surface area (Å²) in [4.78, 5) is 2.16. The van der Waals surface area contributed by atoms with Gasteiger partial charge in [0.05, 0.1) is 13.1 Å². The maximum Gasteiger partial charge on any atom is 0.120 e. The fourth-order valence-corrected chi connectivity index (χ4v) is 1.93. The second-order valence-corrected chi connectivity index (χ2v) is 4.64. The van der Waals surface area contributed by atoms with Crippen molar-refractivity contribution in [3.8, 4) is 17.6 Å². The van der Waals surface area contributed by atoms with E-state index in [0.29, 0.717) is 13.2 Å². The van der Waals surface area contributed by atoms with Crippen LogP contribution in [0.15, 0.2) is 54.6 Å². The SMILES string of the molecule is CN(CCOc1cccc(C#CCN)c1)c1ccccc1. The number of benzene rings is 2. The Bertz CT molecular complexity index is 614. The fourth-order valence-electron chi connectivity index (χ4n) is 1.93. The van der Waals surface area contributed by atoms with E-state index in [-0.39, 0.29) is 0 Å². The molecular weight excluding hydrogens is 260 g/mol. The van der Waals surface area contributed by atoms with Crippen molar-refractivity contribution in [3.63, 3.8) is 0 Å². The molecule has 21 heavy (non-hydrogen) atoms. The second-order valence-electron chi connectivity index (χ2n) is 4.64. The molecule has 2 aromatic carbocycles. The lowest BCUT2D eigenvalue weighted by Gasteiger charge is -2.19. The highest BCUT2D eigenvalue weighted by molar-refractivity contribution is 5.45. The quantitative estimate of drug-likeness (QED) is 0.855. The number of rotatable bonds is 5. The second kappa shape index (κ2) is 7.98. The number of nitrogens with two attached hydrogens (primary N) is 1. The molecule has 2 aromatic rings. The molecule has 0 unspecified atom stereocenters. The van der Waals surface area contributed by atoms with Crippen LogP contribution >= 0.6 is 0 Å². The Balaban J connectivity index is 1.86. The van der Waals surface area contributed by atoms with Crippen LogP contribution in [0.3, 0.4) is 0 Å². The predicted octanol–water partition coefficient (Wildman–Crippen LogP) is 2.51. The maximum atomic E-state index is 5.78. The van der Waals surface area contributed by atoms with Crippen LogP contribution in [0, 0.1) is 11.8 Å². The highest BCUT2D eigenvalue weighted by atomic mass is 16.5. The topological polar surface area (TPSA) is 38.5 Å². The minimum Gasteiger partial charge on any atom is -0.492 e. The van der Waals surface area contributed by atoms with Crippen LogP contribution in [0.4, 0.5) is 5.69 Å². The summed E-state index contributed by atoms with van der Waals surface area (Å²) in [6.07, 6.45) is 0. The van der Waals surface area contributed by atoms with E-state index in [0.717, 1.165) is 17.9 Å². The van der Waals surface area contributed by atoms with Crippen molar-refractivity contribution in [2.45, 2.75) is 0 Å². The Kier molecular flexibility index (Phi) is 5.69. The van der Waals surface area contributed by atoms with Gasteiger partial charge in [-0.15, -0.1) is 0 Å². The van der Waals surface area contributed by atoms with Gasteiger partial charge >= 0.3 is 0 Å². The first-order chi connectivity index (χ1) is 10.3. The molecule has 0 aliphatic carbocycles. The Hall–Kier alpha value is -2.44. The molecule has 0 saturated carbocycles. The molecule has 0 atom stereocenters. The molecule has 0 bridgehead atoms. The number of ether oxygens (including phenoxy) is 1. The van der Waals surface area contributed by atoms with Crippen LogP contribution in [-0.2, 0) is 0 Å². The van der Waals surface area contributed by atoms with Gasteiger partial charge in [-0.25, -0.2) is 0 Å². The number of para-hydroxylation sites is 1. The first-order valence-corrected chi connectivity index (χ1v) is 6.97. The van der Waals surface area contributed by atoms with E-state index in [1.807, 2.05) is 42.5 Å². The van der Waals surface area contributed by atoms with Crippen molar-refractivity contribution >= 4 is 5.69 Å². The standard InChI is InChI=1S/C18H20N2O/c1-20(17-9-3-2-4-10-17)13-14-21-18-11-5-7-16(15-18)8-6-12-19/h2-5,7,9-11,15H,12-14,19H2,1H3. The summed E-state index contributed by atoms with van der Waals surface area (Å²) < 4.78 is 5.78. The van der Waals surface area contributed by atoms with Crippen LogP contribution in [-0.4, -0.2) is 26.7 Å². The van der Waals surface area contributed by atoms with Crippen molar-refractivity contribution in [2.75, 3.05) is 31.6 Å². The van der Waals surface area contributed by atoms with Gasteiger partial charge in [-0.05, 0) is 30.3 Å². The average Bonchev–Trinajstić information content (AvgIpc) is 2.54. The number of likely N-dealkylation sites (N-methyl/N-ethyl adjacent to an activating group) is 1. The summed E-state index contributed by atoms with van der Waals surface area (Å²) in [5.74, 6) is 6.68. The van der Waals surface area contributed by atoms with Crippen LogP contribution in [0.1, 0.15) is 5.56 Å². The number of hydrogen-bond donors (Lipinski definition) is 1. The molecule has 2 N–H and O–H groups in total. The maximum absolute atomic E-state index is 5.78. The minimum absolute atomic E-state index is 0.368. The van der Waals surface area contributed by atoms with Gasteiger partial charge in [-0.2, -0.15) is 0 Å². The normalized spacial score (nSPS) is 9.62. The van der Waals surface area contributed by atoms with E-state index >= 15 is 0 Å². The third kappa shape index (κ3) is 4.87. The number of anilines is 1. The molecule has 0 fully saturated rings. The lowest BCUT2D eigenvalue weighted by atomic mass is 10.2. The summed E-state index contributed by atoms with van der Waals surface area (Å²) in [6.45, 7) is 1.81. The Labute approximate surface area is 126 Å². The van der Waals surface area contributed by atoms with E-state index in [2.05, 4.69) is 35.9 Å². The zero-order valence-electron chi connectivity index (χ0n) is 12.3. The van der Waals surface area contributed by atoms with Gasteiger partial charge in [0, 0.05) is 18.3 Å². The molecule has 0 radical (unpaired) electrons. The number of hydrogen-bond acceptors (Lipinski definition) is 3. The third-order valence-electron chi connectivity index (χ3n) is 3.06. The molecule has 0 aromatic heterocycles. The Morgan fingerprint density at radius 1 is 1.10 bits per heavy atom. The number of nitrogens with zero attached hydrogens (tertiary/aromatic N) is 1. The van der Waals surface area contributed by atoms with E-state index in [1.54, 1.807) is 0 Å². The molecule has 3 heteroatoms. The van der Waals surface area contributed by atoms with Crippen molar-refractivity contribution < 1.29 is 4.74 Å². The first kappa shape index (κ1) is 15.0. The first-order valence-electron chi connectivity index (χ1n) is 6.97. The van der Waals surface area contributed by atoms with E-state index in [9.17, 15) is 0 Å².